The van der Waals surface area contributed by atoms with Crippen molar-refractivity contribution in [3.8, 4) is 11.4 Å². The summed E-state index contributed by atoms with van der Waals surface area (Å²) in [6, 6.07) is 18.1. The van der Waals surface area contributed by atoms with E-state index in [2.05, 4.69) is 34.6 Å². The van der Waals surface area contributed by atoms with Gasteiger partial charge in [-0.05, 0) is 31.5 Å². The summed E-state index contributed by atoms with van der Waals surface area (Å²) < 4.78 is 0. The van der Waals surface area contributed by atoms with Gasteiger partial charge in [0.1, 0.15) is 5.82 Å². The Bertz CT molecular complexity index is 1000. The van der Waals surface area contributed by atoms with Crippen LogP contribution in [0.3, 0.4) is 0 Å². The summed E-state index contributed by atoms with van der Waals surface area (Å²) in [5.41, 5.74) is 4.07. The highest BCUT2D eigenvalue weighted by Gasteiger charge is 2.11. The van der Waals surface area contributed by atoms with E-state index in [9.17, 15) is 0 Å². The second-order valence-corrected chi connectivity index (χ2v) is 5.84. The zero-order chi connectivity index (χ0) is 16.5. The van der Waals surface area contributed by atoms with Gasteiger partial charge in [0.15, 0.2) is 11.6 Å². The van der Waals surface area contributed by atoms with E-state index in [-0.39, 0.29) is 0 Å². The van der Waals surface area contributed by atoms with Crippen molar-refractivity contribution in [3.63, 3.8) is 0 Å². The SMILES string of the molecule is Cc1ccc2c(Nc3cc(C)[nH]n3)nc(-c3ccccc3)nc2c1. The zero-order valence-electron chi connectivity index (χ0n) is 13.5. The summed E-state index contributed by atoms with van der Waals surface area (Å²) in [6.07, 6.45) is 0. The molecule has 0 radical (unpaired) electrons. The summed E-state index contributed by atoms with van der Waals surface area (Å²) in [4.78, 5) is 9.46. The van der Waals surface area contributed by atoms with Crippen molar-refractivity contribution in [2.75, 3.05) is 5.32 Å². The van der Waals surface area contributed by atoms with Crippen LogP contribution in [0.4, 0.5) is 11.6 Å². The van der Waals surface area contributed by atoms with Crippen molar-refractivity contribution in [2.45, 2.75) is 13.8 Å². The fourth-order valence-corrected chi connectivity index (χ4v) is 2.65. The molecular weight excluding hydrogens is 298 g/mol. The molecule has 0 aliphatic heterocycles. The number of aromatic amines is 1. The lowest BCUT2D eigenvalue weighted by molar-refractivity contribution is 1.05. The second kappa shape index (κ2) is 5.77. The number of aromatic nitrogens is 4. The number of nitrogens with one attached hydrogen (secondary N) is 2. The Morgan fingerprint density at radius 3 is 2.50 bits per heavy atom. The summed E-state index contributed by atoms with van der Waals surface area (Å²) in [7, 11) is 0. The van der Waals surface area contributed by atoms with Gasteiger partial charge in [-0.2, -0.15) is 5.10 Å². The minimum Gasteiger partial charge on any atom is -0.323 e. The standard InChI is InChI=1S/C19H17N5/c1-12-8-9-15-16(10-12)20-18(14-6-4-3-5-7-14)22-19(15)21-17-11-13(2)23-24-17/h3-11H,1-2H3,(H2,20,21,22,23,24). The van der Waals surface area contributed by atoms with Crippen LogP contribution in [0.15, 0.2) is 54.6 Å². The Hall–Kier alpha value is -3.21. The third-order valence-electron chi connectivity index (χ3n) is 3.84. The number of aryl methyl sites for hydroxylation is 2. The van der Waals surface area contributed by atoms with E-state index in [1.807, 2.05) is 49.4 Å². The van der Waals surface area contributed by atoms with Crippen LogP contribution >= 0.6 is 0 Å². The molecule has 2 heterocycles. The first-order valence-corrected chi connectivity index (χ1v) is 7.82. The predicted molar refractivity (Wildman–Crippen MR) is 96.3 cm³/mol. The quantitative estimate of drug-likeness (QED) is 0.589. The van der Waals surface area contributed by atoms with Crippen LogP contribution in [-0.4, -0.2) is 20.2 Å². The van der Waals surface area contributed by atoms with E-state index in [0.717, 1.165) is 33.8 Å². The number of nitrogens with zero attached hydrogens (tertiary/aromatic N) is 3. The lowest BCUT2D eigenvalue weighted by Gasteiger charge is -2.10. The lowest BCUT2D eigenvalue weighted by atomic mass is 10.1. The van der Waals surface area contributed by atoms with Gasteiger partial charge in [-0.15, -0.1) is 0 Å². The van der Waals surface area contributed by atoms with Crippen molar-refractivity contribution >= 4 is 22.5 Å². The molecule has 4 rings (SSSR count). The van der Waals surface area contributed by atoms with Gasteiger partial charge in [-0.1, -0.05) is 36.4 Å². The van der Waals surface area contributed by atoms with Crippen molar-refractivity contribution in [1.82, 2.24) is 20.2 Å². The third kappa shape index (κ3) is 2.72. The zero-order valence-corrected chi connectivity index (χ0v) is 13.5. The van der Waals surface area contributed by atoms with Gasteiger partial charge >= 0.3 is 0 Å². The number of H-pyrrole nitrogens is 1. The molecule has 0 amide bonds. The summed E-state index contributed by atoms with van der Waals surface area (Å²) in [5.74, 6) is 2.20. The highest BCUT2D eigenvalue weighted by atomic mass is 15.2. The lowest BCUT2D eigenvalue weighted by Crippen LogP contribution is -2.00. The fourth-order valence-electron chi connectivity index (χ4n) is 2.65. The number of rotatable bonds is 3. The molecule has 0 spiro atoms. The molecule has 118 valence electrons. The molecule has 2 aromatic carbocycles. The minimum absolute atomic E-state index is 0.698. The molecule has 5 heteroatoms. The van der Waals surface area contributed by atoms with Crippen LogP contribution in [0.5, 0.6) is 0 Å². The van der Waals surface area contributed by atoms with Gasteiger partial charge in [-0.25, -0.2) is 9.97 Å². The van der Waals surface area contributed by atoms with Crippen LogP contribution < -0.4 is 5.32 Å². The fraction of sp³-hybridized carbons (Fsp3) is 0.105. The molecule has 0 aliphatic rings. The van der Waals surface area contributed by atoms with Crippen LogP contribution in [0.25, 0.3) is 22.3 Å². The van der Waals surface area contributed by atoms with Crippen LogP contribution in [0, 0.1) is 13.8 Å². The van der Waals surface area contributed by atoms with Crippen molar-refractivity contribution in [1.29, 1.82) is 0 Å². The number of fused-ring (bicyclic) bond motifs is 1. The van der Waals surface area contributed by atoms with Gasteiger partial charge in [-0.3, -0.25) is 5.10 Å². The topological polar surface area (TPSA) is 66.5 Å². The van der Waals surface area contributed by atoms with Crippen molar-refractivity contribution in [2.24, 2.45) is 0 Å². The maximum absolute atomic E-state index is 4.73. The molecule has 0 unspecified atom stereocenters. The first-order valence-electron chi connectivity index (χ1n) is 7.82. The van der Waals surface area contributed by atoms with Crippen LogP contribution in [0.2, 0.25) is 0 Å². The monoisotopic (exact) mass is 315 g/mol. The van der Waals surface area contributed by atoms with Gasteiger partial charge in [0.2, 0.25) is 0 Å². The number of benzene rings is 2. The largest absolute Gasteiger partial charge is 0.323 e. The minimum atomic E-state index is 0.698. The van der Waals surface area contributed by atoms with E-state index >= 15 is 0 Å². The maximum Gasteiger partial charge on any atom is 0.162 e. The Balaban J connectivity index is 1.89. The molecule has 2 aromatic heterocycles. The molecule has 0 aliphatic carbocycles. The summed E-state index contributed by atoms with van der Waals surface area (Å²) in [5, 5.41) is 11.5. The van der Waals surface area contributed by atoms with Crippen molar-refractivity contribution < 1.29 is 0 Å². The first-order chi connectivity index (χ1) is 11.7. The third-order valence-corrected chi connectivity index (χ3v) is 3.84. The van der Waals surface area contributed by atoms with Crippen molar-refractivity contribution in [3.05, 3.63) is 65.9 Å². The van der Waals surface area contributed by atoms with Gasteiger partial charge in [0, 0.05) is 22.7 Å². The second-order valence-electron chi connectivity index (χ2n) is 5.84. The Kier molecular flexibility index (Phi) is 3.46. The highest BCUT2D eigenvalue weighted by Crippen LogP contribution is 2.27. The molecule has 0 saturated carbocycles. The average molecular weight is 315 g/mol. The van der Waals surface area contributed by atoms with E-state index in [4.69, 9.17) is 9.97 Å². The Morgan fingerprint density at radius 2 is 1.75 bits per heavy atom. The average Bonchev–Trinajstić information content (AvgIpc) is 3.00. The Morgan fingerprint density at radius 1 is 0.917 bits per heavy atom. The molecule has 0 atom stereocenters. The number of anilines is 2. The van der Waals surface area contributed by atoms with E-state index in [1.54, 1.807) is 0 Å². The maximum atomic E-state index is 4.73. The van der Waals surface area contributed by atoms with E-state index < -0.39 is 0 Å². The number of hydrogen-bond donors (Lipinski definition) is 2. The van der Waals surface area contributed by atoms with Crippen LogP contribution in [-0.2, 0) is 0 Å². The number of hydrogen-bond acceptors (Lipinski definition) is 4. The predicted octanol–water partition coefficient (Wildman–Crippen LogP) is 4.38. The summed E-state index contributed by atoms with van der Waals surface area (Å²) in [6.45, 7) is 4.03. The van der Waals surface area contributed by atoms with Gasteiger partial charge in [0.25, 0.3) is 0 Å². The smallest absolute Gasteiger partial charge is 0.162 e. The summed E-state index contributed by atoms with van der Waals surface area (Å²) >= 11 is 0. The molecule has 0 saturated heterocycles. The van der Waals surface area contributed by atoms with Gasteiger partial charge < -0.3 is 5.32 Å². The highest BCUT2D eigenvalue weighted by molar-refractivity contribution is 5.92. The normalized spacial score (nSPS) is 10.9. The molecule has 4 aromatic rings. The van der Waals surface area contributed by atoms with Gasteiger partial charge in [0.05, 0.1) is 5.52 Å². The van der Waals surface area contributed by atoms with E-state index in [1.165, 1.54) is 5.56 Å². The molecule has 2 N–H and O–H groups in total. The Labute approximate surface area is 139 Å². The van der Waals surface area contributed by atoms with E-state index in [0.29, 0.717) is 5.82 Å². The first kappa shape index (κ1) is 14.4. The molecule has 24 heavy (non-hydrogen) atoms. The molecule has 0 fully saturated rings. The van der Waals surface area contributed by atoms with Crippen LogP contribution in [0.1, 0.15) is 11.3 Å². The molecule has 5 nitrogen and oxygen atoms in total. The molecule has 0 bridgehead atoms. The molecular formula is C19H17N5.